The van der Waals surface area contributed by atoms with E-state index in [1.54, 1.807) is 24.3 Å². The van der Waals surface area contributed by atoms with Gasteiger partial charge in [0, 0.05) is 43.4 Å². The first-order chi connectivity index (χ1) is 12.0. The van der Waals surface area contributed by atoms with E-state index in [1.165, 1.54) is 13.0 Å². The monoisotopic (exact) mass is 404 g/mol. The first kappa shape index (κ1) is 23.8. The predicted octanol–water partition coefficient (Wildman–Crippen LogP) is 2.32. The van der Waals surface area contributed by atoms with Crippen LogP contribution in [0, 0.1) is 0 Å². The third-order valence-corrected chi connectivity index (χ3v) is 3.53. The predicted molar refractivity (Wildman–Crippen MR) is 101 cm³/mol. The number of aliphatic carboxylic acids is 1. The number of hydrogen-bond donors (Lipinski definition) is 4. The highest BCUT2D eigenvalue weighted by Gasteiger charge is 2.14. The number of carbonyl (C=O) groups excluding carboxylic acids is 1. The molecule has 0 saturated carbocycles. The summed E-state index contributed by atoms with van der Waals surface area (Å²) in [7, 11) is -4.22. The van der Waals surface area contributed by atoms with Crippen molar-refractivity contribution in [2.45, 2.75) is 18.7 Å². The second-order valence-corrected chi connectivity index (χ2v) is 6.76. The molecule has 0 aromatic heterocycles. The average Bonchev–Trinajstić information content (AvgIpc) is 2.50. The number of carboxylic acids is 1. The Bertz CT molecular complexity index is 835. The minimum Gasteiger partial charge on any atom is -0.481 e. The zero-order valence-corrected chi connectivity index (χ0v) is 15.8. The highest BCUT2D eigenvalue weighted by atomic mass is 35.5. The van der Waals surface area contributed by atoms with Gasteiger partial charge in [-0.05, 0) is 23.7 Å². The van der Waals surface area contributed by atoms with Crippen molar-refractivity contribution in [2.24, 2.45) is 5.73 Å². The zero-order valence-electron chi connectivity index (χ0n) is 14.3. The molecule has 26 heavy (non-hydrogen) atoms. The summed E-state index contributed by atoms with van der Waals surface area (Å²) < 4.78 is 31.8. The van der Waals surface area contributed by atoms with Crippen molar-refractivity contribution in [1.82, 2.24) is 0 Å². The van der Waals surface area contributed by atoms with Crippen LogP contribution < -0.4 is 11.1 Å². The van der Waals surface area contributed by atoms with E-state index in [-0.39, 0.29) is 10.1 Å². The third kappa shape index (κ3) is 9.33. The lowest BCUT2D eigenvalue weighted by molar-refractivity contribution is -0.134. The van der Waals surface area contributed by atoms with Gasteiger partial charge in [0.15, 0.2) is 0 Å². The molecule has 0 aliphatic rings. The van der Waals surface area contributed by atoms with Gasteiger partial charge in [0.25, 0.3) is 16.1 Å². The summed E-state index contributed by atoms with van der Waals surface area (Å²) in [6.07, 6.45) is 0. The summed E-state index contributed by atoms with van der Waals surface area (Å²) in [5, 5.41) is 11.4. The first-order valence-corrected chi connectivity index (χ1v) is 9.11. The molecule has 2 rings (SSSR count). The summed E-state index contributed by atoms with van der Waals surface area (Å²) in [5.74, 6) is -0.833. The van der Waals surface area contributed by atoms with Crippen molar-refractivity contribution >= 4 is 49.4 Å². The van der Waals surface area contributed by atoms with Gasteiger partial charge in [-0.3, -0.25) is 14.1 Å². The average molecular weight is 405 g/mol. The molecule has 0 aliphatic carbocycles. The van der Waals surface area contributed by atoms with E-state index in [0.29, 0.717) is 18.5 Å². The molecule has 0 fully saturated rings. The van der Waals surface area contributed by atoms with Crippen molar-refractivity contribution in [3.8, 4) is 0 Å². The van der Waals surface area contributed by atoms with Gasteiger partial charge in [0.1, 0.15) is 4.90 Å². The van der Waals surface area contributed by atoms with Gasteiger partial charge in [0.05, 0.1) is 0 Å². The van der Waals surface area contributed by atoms with Gasteiger partial charge in [-0.25, -0.2) is 0 Å². The van der Waals surface area contributed by atoms with Crippen LogP contribution in [0.2, 0.25) is 0 Å². The Balaban J connectivity index is 0.000000662. The summed E-state index contributed by atoms with van der Waals surface area (Å²) in [5.41, 5.74) is 6.22. The van der Waals surface area contributed by atoms with Crippen LogP contribution in [0.1, 0.15) is 13.8 Å². The van der Waals surface area contributed by atoms with E-state index in [0.717, 1.165) is 18.0 Å². The van der Waals surface area contributed by atoms with E-state index >= 15 is 0 Å². The van der Waals surface area contributed by atoms with Gasteiger partial charge >= 0.3 is 0 Å². The largest absolute Gasteiger partial charge is 0.481 e. The molecule has 2 aromatic carbocycles. The van der Waals surface area contributed by atoms with Crippen LogP contribution in [0.25, 0.3) is 10.8 Å². The van der Waals surface area contributed by atoms with Crippen molar-refractivity contribution < 1.29 is 27.7 Å². The normalized spacial score (nSPS) is 10.0. The number of hydrogen-bond acceptors (Lipinski definition) is 6. The molecule has 0 spiro atoms. The Hall–Kier alpha value is -2.20. The number of nitrogens with one attached hydrogen (secondary N) is 1. The number of carbonyl (C=O) groups is 2. The first-order valence-electron chi connectivity index (χ1n) is 7.29. The minimum atomic E-state index is -4.22. The molecule has 0 unspecified atom stereocenters. The number of halogens is 1. The van der Waals surface area contributed by atoms with Crippen LogP contribution in [0.5, 0.6) is 0 Å². The summed E-state index contributed by atoms with van der Waals surface area (Å²) in [4.78, 5) is 18.1. The minimum absolute atomic E-state index is 0.0867. The van der Waals surface area contributed by atoms with E-state index < -0.39 is 16.1 Å². The Kier molecular flexibility index (Phi) is 10.5. The van der Waals surface area contributed by atoms with Gasteiger partial charge < -0.3 is 16.2 Å². The summed E-state index contributed by atoms with van der Waals surface area (Å²) in [6.45, 7) is 3.45. The molecule has 0 aliphatic heterocycles. The lowest BCUT2D eigenvalue weighted by Crippen LogP contribution is -2.13. The van der Waals surface area contributed by atoms with Gasteiger partial charge in [-0.1, -0.05) is 24.3 Å². The quantitative estimate of drug-likeness (QED) is 0.448. The zero-order chi connectivity index (χ0) is 20.3. The Morgan fingerprint density at radius 3 is 2.04 bits per heavy atom. The maximum atomic E-state index is 11.3. The molecule has 144 valence electrons. The number of carboxylic acid groups (broad SMARTS) is 1. The molecule has 2 aromatic rings. The molecule has 0 heterocycles. The van der Waals surface area contributed by atoms with Gasteiger partial charge in [-0.15, -0.1) is 0 Å². The smallest absolute Gasteiger partial charge is 0.300 e. The van der Waals surface area contributed by atoms with Crippen LogP contribution in [-0.2, 0) is 19.7 Å². The van der Waals surface area contributed by atoms with Gasteiger partial charge in [-0.2, -0.15) is 8.42 Å². The number of fused-ring (bicyclic) bond motifs is 1. The molecular formula is C16H21ClN2O6S. The molecule has 5 N–H and O–H groups in total. The molecule has 0 radical (unpaired) electrons. The molecule has 0 amide bonds. The van der Waals surface area contributed by atoms with Crippen LogP contribution in [0.3, 0.4) is 0 Å². The Labute approximate surface area is 156 Å². The highest BCUT2D eigenvalue weighted by molar-refractivity contribution is 7.86. The summed E-state index contributed by atoms with van der Waals surface area (Å²) in [6, 6.07) is 10.00. The molecule has 0 bridgehead atoms. The molecule has 8 nitrogen and oxygen atoms in total. The fourth-order valence-corrected chi connectivity index (χ4v) is 2.57. The molecule has 0 atom stereocenters. The van der Waals surface area contributed by atoms with E-state index in [9.17, 15) is 17.8 Å². The third-order valence-electron chi connectivity index (χ3n) is 2.62. The molecule has 0 saturated heterocycles. The van der Waals surface area contributed by atoms with Crippen molar-refractivity contribution in [2.75, 3.05) is 18.4 Å². The number of benzene rings is 2. The van der Waals surface area contributed by atoms with Crippen LogP contribution in [0.4, 0.5) is 5.69 Å². The van der Waals surface area contributed by atoms with E-state index in [1.807, 2.05) is 6.07 Å². The van der Waals surface area contributed by atoms with Gasteiger partial charge in [0.2, 0.25) is 5.24 Å². The van der Waals surface area contributed by atoms with Crippen LogP contribution in [0.15, 0.2) is 41.3 Å². The van der Waals surface area contributed by atoms with Crippen LogP contribution in [-0.4, -0.2) is 42.4 Å². The lowest BCUT2D eigenvalue weighted by Gasteiger charge is -2.10. The fraction of sp³-hybridized carbons (Fsp3) is 0.250. The van der Waals surface area contributed by atoms with Crippen LogP contribution >= 0.6 is 11.6 Å². The van der Waals surface area contributed by atoms with E-state index in [2.05, 4.69) is 16.9 Å². The second kappa shape index (κ2) is 11.4. The van der Waals surface area contributed by atoms with E-state index in [4.69, 9.17) is 15.6 Å². The molecular weight excluding hydrogens is 384 g/mol. The lowest BCUT2D eigenvalue weighted by atomic mass is 10.1. The fourth-order valence-electron chi connectivity index (χ4n) is 1.87. The Morgan fingerprint density at radius 1 is 1.12 bits per heavy atom. The summed E-state index contributed by atoms with van der Waals surface area (Å²) >= 11 is 4.64. The standard InChI is InChI=1S/C12H14N2O3S.C2H3ClO.C2H4O2/c13-7-8-14-11-5-1-4-10-9(11)3-2-6-12(10)18(15,16)17;2*1-2(3)4/h1-6,14H,7-8,13H2,(H,15,16,17);1H3;1H3,(H,3,4). The maximum absolute atomic E-state index is 11.3. The number of rotatable bonds is 4. The highest BCUT2D eigenvalue weighted by Crippen LogP contribution is 2.28. The maximum Gasteiger partial charge on any atom is 0.300 e. The van der Waals surface area contributed by atoms with Crippen molar-refractivity contribution in [3.63, 3.8) is 0 Å². The number of nitrogens with two attached hydrogens (primary N) is 1. The van der Waals surface area contributed by atoms with Crippen molar-refractivity contribution in [1.29, 1.82) is 0 Å². The Morgan fingerprint density at radius 2 is 1.58 bits per heavy atom. The SMILES string of the molecule is CC(=O)Cl.CC(=O)O.NCCNc1cccc2c(S(=O)(=O)O)cccc12. The molecule has 10 heteroatoms. The topological polar surface area (TPSA) is 147 Å². The second-order valence-electron chi connectivity index (χ2n) is 4.84. The number of anilines is 1. The van der Waals surface area contributed by atoms with Crippen molar-refractivity contribution in [3.05, 3.63) is 36.4 Å².